The summed E-state index contributed by atoms with van der Waals surface area (Å²) in [4.78, 5) is 2.46. The Morgan fingerprint density at radius 3 is 2.27 bits per heavy atom. The van der Waals surface area contributed by atoms with E-state index in [2.05, 4.69) is 32.3 Å². The van der Waals surface area contributed by atoms with E-state index >= 15 is 0 Å². The summed E-state index contributed by atoms with van der Waals surface area (Å²) in [7, 11) is 0.996. The minimum atomic E-state index is 0.676. The van der Waals surface area contributed by atoms with Crippen molar-refractivity contribution in [2.75, 3.05) is 26.3 Å². The quantitative estimate of drug-likeness (QED) is 0.558. The van der Waals surface area contributed by atoms with Crippen molar-refractivity contribution in [1.29, 1.82) is 0 Å². The lowest BCUT2D eigenvalue weighted by atomic mass is 10.3. The normalized spacial score (nSPS) is 15.0. The van der Waals surface area contributed by atoms with Gasteiger partial charge in [-0.25, -0.2) is 0 Å². The Morgan fingerprint density at radius 2 is 1.91 bits per heavy atom. The van der Waals surface area contributed by atoms with Gasteiger partial charge < -0.3 is 4.90 Å². The molecule has 0 aromatic rings. The molecule has 0 saturated carbocycles. The van der Waals surface area contributed by atoms with Crippen LogP contribution in [0.4, 0.5) is 0 Å². The third-order valence-electron chi connectivity index (χ3n) is 2.10. The van der Waals surface area contributed by atoms with Gasteiger partial charge in [-0.15, -0.1) is 8.58 Å². The molecule has 0 saturated heterocycles. The fourth-order valence-corrected chi connectivity index (χ4v) is 1.44. The molecular formula is C9H21NP. The molecule has 1 radical (unpaired) electrons. The van der Waals surface area contributed by atoms with E-state index in [0.717, 1.165) is 8.58 Å². The first-order chi connectivity index (χ1) is 5.24. The highest BCUT2D eigenvalue weighted by Gasteiger charge is 2.02. The highest BCUT2D eigenvalue weighted by Crippen LogP contribution is 2.16. The van der Waals surface area contributed by atoms with Gasteiger partial charge in [0.15, 0.2) is 0 Å². The molecule has 2 atom stereocenters. The van der Waals surface area contributed by atoms with Crippen LogP contribution in [-0.2, 0) is 0 Å². The molecule has 0 aliphatic heterocycles. The third kappa shape index (κ3) is 5.64. The third-order valence-corrected chi connectivity index (χ3v) is 3.20. The summed E-state index contributed by atoms with van der Waals surface area (Å²) in [5.41, 5.74) is 0.676. The lowest BCUT2D eigenvalue weighted by molar-refractivity contribution is 0.301. The predicted molar refractivity (Wildman–Crippen MR) is 55.8 cm³/mol. The first-order valence-corrected chi connectivity index (χ1v) is 6.05. The van der Waals surface area contributed by atoms with Gasteiger partial charge in [0.05, 0.1) is 0 Å². The van der Waals surface area contributed by atoms with Crippen LogP contribution in [0, 0.1) is 6.92 Å². The summed E-state index contributed by atoms with van der Waals surface area (Å²) >= 11 is 0. The largest absolute Gasteiger partial charge is 0.304 e. The van der Waals surface area contributed by atoms with Crippen LogP contribution in [0.1, 0.15) is 20.3 Å². The summed E-state index contributed by atoms with van der Waals surface area (Å²) in [6.07, 6.45) is 1.26. The second kappa shape index (κ2) is 7.06. The number of hydrogen-bond donors (Lipinski definition) is 0. The van der Waals surface area contributed by atoms with Crippen LogP contribution >= 0.6 is 8.58 Å². The molecular weight excluding hydrogens is 153 g/mol. The fraction of sp³-hybridized carbons (Fsp3) is 0.889. The SMILES string of the molecule is [CH2]C(CCN(CC)CC)PC. The van der Waals surface area contributed by atoms with Gasteiger partial charge in [0.25, 0.3) is 0 Å². The van der Waals surface area contributed by atoms with Crippen LogP contribution in [-0.4, -0.2) is 36.9 Å². The van der Waals surface area contributed by atoms with Crippen molar-refractivity contribution < 1.29 is 0 Å². The lowest BCUT2D eigenvalue weighted by Gasteiger charge is -2.19. The van der Waals surface area contributed by atoms with Gasteiger partial charge in [-0.3, -0.25) is 0 Å². The van der Waals surface area contributed by atoms with Crippen molar-refractivity contribution in [3.05, 3.63) is 6.92 Å². The van der Waals surface area contributed by atoms with E-state index in [1.165, 1.54) is 26.1 Å². The molecule has 0 amide bonds. The first-order valence-electron chi connectivity index (χ1n) is 4.47. The number of nitrogens with zero attached hydrogens (tertiary/aromatic N) is 1. The van der Waals surface area contributed by atoms with E-state index in [1.807, 2.05) is 0 Å². The van der Waals surface area contributed by atoms with E-state index in [0.29, 0.717) is 5.66 Å². The van der Waals surface area contributed by atoms with Gasteiger partial charge in [-0.2, -0.15) is 0 Å². The van der Waals surface area contributed by atoms with Crippen molar-refractivity contribution in [3.8, 4) is 0 Å². The zero-order chi connectivity index (χ0) is 8.69. The zero-order valence-electron chi connectivity index (χ0n) is 8.06. The molecule has 0 aliphatic carbocycles. The van der Waals surface area contributed by atoms with E-state index in [9.17, 15) is 0 Å². The second-order valence-corrected chi connectivity index (χ2v) is 4.20. The molecule has 0 N–H and O–H groups in total. The Labute approximate surface area is 73.3 Å². The highest BCUT2D eigenvalue weighted by atomic mass is 31.1. The van der Waals surface area contributed by atoms with Crippen molar-refractivity contribution in [3.63, 3.8) is 0 Å². The van der Waals surface area contributed by atoms with Crippen LogP contribution in [0.5, 0.6) is 0 Å². The van der Waals surface area contributed by atoms with E-state index in [4.69, 9.17) is 0 Å². The van der Waals surface area contributed by atoms with Gasteiger partial charge in [0.1, 0.15) is 0 Å². The van der Waals surface area contributed by atoms with E-state index in [1.54, 1.807) is 0 Å². The molecule has 0 aromatic heterocycles. The Kier molecular flexibility index (Phi) is 7.31. The summed E-state index contributed by atoms with van der Waals surface area (Å²) in [6.45, 7) is 14.3. The topological polar surface area (TPSA) is 3.24 Å². The minimum Gasteiger partial charge on any atom is -0.304 e. The molecule has 0 aliphatic rings. The maximum Gasteiger partial charge on any atom is -0.00130 e. The Balaban J connectivity index is 3.34. The predicted octanol–water partition coefficient (Wildman–Crippen LogP) is 2.23. The summed E-state index contributed by atoms with van der Waals surface area (Å²) < 4.78 is 0. The number of rotatable bonds is 6. The molecule has 1 nitrogen and oxygen atoms in total. The molecule has 2 unspecified atom stereocenters. The molecule has 0 aromatic carbocycles. The zero-order valence-corrected chi connectivity index (χ0v) is 9.06. The average Bonchev–Trinajstić information content (AvgIpc) is 2.06. The minimum absolute atomic E-state index is 0.676. The number of hydrogen-bond acceptors (Lipinski definition) is 1. The average molecular weight is 174 g/mol. The lowest BCUT2D eigenvalue weighted by Crippen LogP contribution is -2.25. The highest BCUT2D eigenvalue weighted by molar-refractivity contribution is 7.38. The molecule has 11 heavy (non-hydrogen) atoms. The summed E-state index contributed by atoms with van der Waals surface area (Å²) in [5.74, 6) is 0. The Bertz CT molecular complexity index is 81.6. The van der Waals surface area contributed by atoms with Crippen LogP contribution < -0.4 is 0 Å². The maximum absolute atomic E-state index is 4.08. The van der Waals surface area contributed by atoms with Crippen LogP contribution in [0.25, 0.3) is 0 Å². The Morgan fingerprint density at radius 1 is 1.36 bits per heavy atom. The van der Waals surface area contributed by atoms with E-state index in [-0.39, 0.29) is 0 Å². The van der Waals surface area contributed by atoms with Crippen LogP contribution in [0.15, 0.2) is 0 Å². The second-order valence-electron chi connectivity index (χ2n) is 2.80. The van der Waals surface area contributed by atoms with Gasteiger partial charge in [0.2, 0.25) is 0 Å². The standard InChI is InChI=1S/C9H21NP/c1-5-10(6-2)8-7-9(3)11-4/h9,11H,3,5-8H2,1-2,4H3. The van der Waals surface area contributed by atoms with Crippen LogP contribution in [0.2, 0.25) is 0 Å². The molecule has 67 valence electrons. The fourth-order valence-electron chi connectivity index (χ4n) is 1.02. The maximum atomic E-state index is 4.08. The monoisotopic (exact) mass is 174 g/mol. The summed E-state index contributed by atoms with van der Waals surface area (Å²) in [5, 5.41) is 0. The van der Waals surface area contributed by atoms with Crippen LogP contribution in [0.3, 0.4) is 0 Å². The van der Waals surface area contributed by atoms with Gasteiger partial charge in [-0.05, 0) is 45.3 Å². The van der Waals surface area contributed by atoms with Crippen molar-refractivity contribution in [1.82, 2.24) is 4.90 Å². The molecule has 0 fully saturated rings. The van der Waals surface area contributed by atoms with Crippen molar-refractivity contribution in [2.45, 2.75) is 25.9 Å². The van der Waals surface area contributed by atoms with Gasteiger partial charge in [-0.1, -0.05) is 13.8 Å². The van der Waals surface area contributed by atoms with Crippen molar-refractivity contribution in [2.24, 2.45) is 0 Å². The van der Waals surface area contributed by atoms with Crippen molar-refractivity contribution >= 4 is 8.58 Å². The van der Waals surface area contributed by atoms with Gasteiger partial charge >= 0.3 is 0 Å². The first kappa shape index (κ1) is 11.4. The van der Waals surface area contributed by atoms with Gasteiger partial charge in [0, 0.05) is 0 Å². The summed E-state index contributed by atoms with van der Waals surface area (Å²) in [6, 6.07) is 0. The molecule has 2 heteroatoms. The molecule has 0 rings (SSSR count). The molecule has 0 bridgehead atoms. The molecule has 0 heterocycles. The smallest absolute Gasteiger partial charge is 0.00130 e. The molecule has 0 spiro atoms. The Hall–Kier alpha value is 0.390. The van der Waals surface area contributed by atoms with E-state index < -0.39 is 0 Å².